The lowest BCUT2D eigenvalue weighted by Gasteiger charge is -2.07. The van der Waals surface area contributed by atoms with Crippen LogP contribution in [0.3, 0.4) is 0 Å². The van der Waals surface area contributed by atoms with Gasteiger partial charge in [0.15, 0.2) is 0 Å². The highest BCUT2D eigenvalue weighted by Crippen LogP contribution is 2.18. The van der Waals surface area contributed by atoms with Gasteiger partial charge in [-0.3, -0.25) is 13.9 Å². The van der Waals surface area contributed by atoms with Crippen LogP contribution < -0.4 is 5.32 Å². The van der Waals surface area contributed by atoms with Gasteiger partial charge >= 0.3 is 5.97 Å². The fourth-order valence-electron chi connectivity index (χ4n) is 1.34. The number of carboxylic acid groups (broad SMARTS) is 1. The number of hydrogen-bond donors (Lipinski definition) is 4. The van der Waals surface area contributed by atoms with E-state index in [4.69, 9.17) is 14.2 Å². The molecule has 0 aliphatic carbocycles. The van der Waals surface area contributed by atoms with E-state index in [1.165, 1.54) is 0 Å². The fourth-order valence-corrected chi connectivity index (χ4v) is 2.57. The van der Waals surface area contributed by atoms with Gasteiger partial charge in [-0.05, 0) is 23.8 Å². The minimum atomic E-state index is -4.67. The van der Waals surface area contributed by atoms with Crippen LogP contribution in [-0.4, -0.2) is 43.6 Å². The third-order valence-electron chi connectivity index (χ3n) is 2.14. The summed E-state index contributed by atoms with van der Waals surface area (Å²) >= 11 is 0. The Morgan fingerprint density at radius 3 is 1.80 bits per heavy atom. The smallest absolute Gasteiger partial charge is 0.317 e. The Morgan fingerprint density at radius 1 is 1.00 bits per heavy atom. The second kappa shape index (κ2) is 5.85. The quantitative estimate of drug-likeness (QED) is 0.499. The second-order valence-corrected chi connectivity index (χ2v) is 6.60. The van der Waals surface area contributed by atoms with E-state index in [1.807, 2.05) is 0 Å². The molecule has 0 aliphatic rings. The van der Waals surface area contributed by atoms with Crippen molar-refractivity contribution in [3.63, 3.8) is 0 Å². The minimum Gasteiger partial charge on any atom is -0.480 e. The van der Waals surface area contributed by atoms with E-state index in [2.05, 4.69) is 5.32 Å². The summed E-state index contributed by atoms with van der Waals surface area (Å²) in [6.45, 7) is -0.602. The Bertz CT molecular complexity index is 672. The molecule has 0 radical (unpaired) electrons. The van der Waals surface area contributed by atoms with Crippen molar-refractivity contribution in [3.8, 4) is 0 Å². The first-order valence-electron chi connectivity index (χ1n) is 5.01. The number of rotatable bonds is 6. The molecule has 11 heteroatoms. The van der Waals surface area contributed by atoms with Gasteiger partial charge in [0.05, 0.1) is 16.3 Å². The van der Waals surface area contributed by atoms with Gasteiger partial charge in [0.1, 0.15) is 0 Å². The predicted molar refractivity (Wildman–Crippen MR) is 65.4 cm³/mol. The zero-order valence-electron chi connectivity index (χ0n) is 9.85. The first-order valence-corrected chi connectivity index (χ1v) is 7.89. The largest absolute Gasteiger partial charge is 0.480 e. The Labute approximate surface area is 114 Å². The van der Waals surface area contributed by atoms with E-state index < -0.39 is 42.5 Å². The summed E-state index contributed by atoms with van der Waals surface area (Å²) in [7, 11) is -9.34. The standard InChI is InChI=1S/C9H11NO8S2/c11-9(12)5-10-4-6-1-7(19(13,14)15)3-8(2-6)20(16,17)18/h1-3,10H,4-5H2,(H,11,12)(H,13,14,15)(H,16,17,18). The van der Waals surface area contributed by atoms with E-state index in [0.717, 1.165) is 12.1 Å². The molecule has 4 N–H and O–H groups in total. The molecule has 0 unspecified atom stereocenters. The van der Waals surface area contributed by atoms with Crippen LogP contribution in [0.5, 0.6) is 0 Å². The van der Waals surface area contributed by atoms with Crippen molar-refractivity contribution in [2.24, 2.45) is 0 Å². The summed E-state index contributed by atoms with van der Waals surface area (Å²) in [5.41, 5.74) is 0.0639. The minimum absolute atomic E-state index is 0.0639. The molecule has 0 saturated carbocycles. The maximum absolute atomic E-state index is 11.0. The van der Waals surface area contributed by atoms with Crippen molar-refractivity contribution in [2.45, 2.75) is 16.3 Å². The van der Waals surface area contributed by atoms with Crippen molar-refractivity contribution < 1.29 is 35.8 Å². The highest BCUT2D eigenvalue weighted by atomic mass is 32.2. The Hall–Kier alpha value is -1.53. The zero-order valence-corrected chi connectivity index (χ0v) is 11.5. The number of hydrogen-bond acceptors (Lipinski definition) is 6. The van der Waals surface area contributed by atoms with E-state index in [-0.39, 0.29) is 12.1 Å². The van der Waals surface area contributed by atoms with Crippen molar-refractivity contribution in [2.75, 3.05) is 6.54 Å². The van der Waals surface area contributed by atoms with Crippen molar-refractivity contribution in [3.05, 3.63) is 23.8 Å². The summed E-state index contributed by atoms with van der Waals surface area (Å²) < 4.78 is 61.8. The van der Waals surface area contributed by atoms with E-state index in [9.17, 15) is 21.6 Å². The highest BCUT2D eigenvalue weighted by molar-refractivity contribution is 7.86. The molecular formula is C9H11NO8S2. The van der Waals surface area contributed by atoms with Crippen molar-refractivity contribution >= 4 is 26.2 Å². The lowest BCUT2D eigenvalue weighted by atomic mass is 10.2. The maximum atomic E-state index is 11.0. The molecule has 112 valence electrons. The summed E-state index contributed by atoms with van der Waals surface area (Å²) in [5.74, 6) is -1.16. The molecule has 1 aromatic carbocycles. The molecule has 0 spiro atoms. The third kappa shape index (κ3) is 4.86. The number of benzene rings is 1. The number of nitrogens with one attached hydrogen (secondary N) is 1. The van der Waals surface area contributed by atoms with Crippen LogP contribution in [0.1, 0.15) is 5.56 Å². The lowest BCUT2D eigenvalue weighted by molar-refractivity contribution is -0.136. The van der Waals surface area contributed by atoms with Crippen LogP contribution >= 0.6 is 0 Å². The number of carboxylic acids is 1. The molecule has 0 atom stereocenters. The molecule has 1 aromatic rings. The number of aliphatic carboxylic acids is 1. The SMILES string of the molecule is O=C(O)CNCc1cc(S(=O)(=O)O)cc(S(=O)(=O)O)c1. The van der Waals surface area contributed by atoms with Crippen LogP contribution in [-0.2, 0) is 31.6 Å². The molecule has 1 rings (SSSR count). The van der Waals surface area contributed by atoms with Gasteiger partial charge in [-0.2, -0.15) is 16.8 Å². The van der Waals surface area contributed by atoms with Gasteiger partial charge in [0.25, 0.3) is 20.2 Å². The van der Waals surface area contributed by atoms with Crippen LogP contribution in [0, 0.1) is 0 Å². The fraction of sp³-hybridized carbons (Fsp3) is 0.222. The molecule has 0 saturated heterocycles. The summed E-state index contributed by atoms with van der Waals surface area (Å²) in [6, 6.07) is 2.50. The Morgan fingerprint density at radius 2 is 1.45 bits per heavy atom. The van der Waals surface area contributed by atoms with E-state index in [1.54, 1.807) is 0 Å². The second-order valence-electron chi connectivity index (χ2n) is 3.76. The summed E-state index contributed by atoms with van der Waals surface area (Å²) in [6.07, 6.45) is 0. The maximum Gasteiger partial charge on any atom is 0.317 e. The van der Waals surface area contributed by atoms with Crippen LogP contribution in [0.2, 0.25) is 0 Å². The molecule has 0 aliphatic heterocycles. The van der Waals surface area contributed by atoms with Crippen molar-refractivity contribution in [1.82, 2.24) is 5.32 Å². The normalized spacial score (nSPS) is 12.3. The molecule has 9 nitrogen and oxygen atoms in total. The summed E-state index contributed by atoms with van der Waals surface area (Å²) in [4.78, 5) is 8.86. The van der Waals surface area contributed by atoms with Gasteiger partial charge in [0, 0.05) is 6.54 Å². The average Bonchev–Trinajstić information content (AvgIpc) is 2.25. The monoisotopic (exact) mass is 325 g/mol. The van der Waals surface area contributed by atoms with Crippen LogP contribution in [0.4, 0.5) is 0 Å². The van der Waals surface area contributed by atoms with E-state index in [0.29, 0.717) is 6.07 Å². The predicted octanol–water partition coefficient (Wildman–Crippen LogP) is -0.646. The van der Waals surface area contributed by atoms with E-state index >= 15 is 0 Å². The van der Waals surface area contributed by atoms with Gasteiger partial charge in [-0.25, -0.2) is 0 Å². The van der Waals surface area contributed by atoms with Gasteiger partial charge in [-0.1, -0.05) is 0 Å². The Kier molecular flexibility index (Phi) is 4.83. The molecule has 20 heavy (non-hydrogen) atoms. The first-order chi connectivity index (χ1) is 9.00. The molecule has 0 heterocycles. The van der Waals surface area contributed by atoms with Crippen LogP contribution in [0.25, 0.3) is 0 Å². The lowest BCUT2D eigenvalue weighted by Crippen LogP contribution is -2.22. The Balaban J connectivity index is 3.21. The first kappa shape index (κ1) is 16.5. The topological polar surface area (TPSA) is 158 Å². The van der Waals surface area contributed by atoms with Crippen LogP contribution in [0.15, 0.2) is 28.0 Å². The molecule has 0 amide bonds. The molecule has 0 bridgehead atoms. The van der Waals surface area contributed by atoms with Gasteiger partial charge in [0.2, 0.25) is 0 Å². The molecule has 0 fully saturated rings. The zero-order chi connectivity index (χ0) is 15.6. The average molecular weight is 325 g/mol. The third-order valence-corrected chi connectivity index (χ3v) is 3.80. The highest BCUT2D eigenvalue weighted by Gasteiger charge is 2.18. The number of carbonyl (C=O) groups is 1. The molecular weight excluding hydrogens is 314 g/mol. The van der Waals surface area contributed by atoms with Gasteiger partial charge in [-0.15, -0.1) is 0 Å². The summed E-state index contributed by atoms with van der Waals surface area (Å²) in [5, 5.41) is 10.8. The molecule has 0 aromatic heterocycles. The van der Waals surface area contributed by atoms with Crippen molar-refractivity contribution in [1.29, 1.82) is 0 Å². The van der Waals surface area contributed by atoms with Gasteiger partial charge < -0.3 is 10.4 Å².